The Balaban J connectivity index is 2.79. The lowest BCUT2D eigenvalue weighted by molar-refractivity contribution is 0.0603. The van der Waals surface area contributed by atoms with Gasteiger partial charge in [0.05, 0.1) is 12.7 Å². The van der Waals surface area contributed by atoms with Gasteiger partial charge in [0.1, 0.15) is 0 Å². The van der Waals surface area contributed by atoms with Gasteiger partial charge in [-0.05, 0) is 29.3 Å². The molecule has 0 aromatic heterocycles. The number of esters is 1. The lowest BCUT2D eigenvalue weighted by atomic mass is 9.96. The summed E-state index contributed by atoms with van der Waals surface area (Å²) in [5.41, 5.74) is 2.64. The van der Waals surface area contributed by atoms with E-state index in [0.717, 1.165) is 21.9 Å². The van der Waals surface area contributed by atoms with E-state index in [0.29, 0.717) is 5.56 Å². The van der Waals surface area contributed by atoms with Crippen LogP contribution in [-0.2, 0) is 4.74 Å². The number of allylic oxidation sites excluding steroid dienone is 1. The van der Waals surface area contributed by atoms with Crippen LogP contribution < -0.4 is 0 Å². The van der Waals surface area contributed by atoms with Gasteiger partial charge < -0.3 is 4.74 Å². The molecule has 0 atom stereocenters. The quantitative estimate of drug-likeness (QED) is 0.730. The molecule has 0 aliphatic heterocycles. The highest BCUT2D eigenvalue weighted by molar-refractivity contribution is 6.07. The number of hydrogen-bond acceptors (Lipinski definition) is 2. The maximum absolute atomic E-state index is 11.7. The normalized spacial score (nSPS) is 10.2. The molecule has 2 heteroatoms. The van der Waals surface area contributed by atoms with Gasteiger partial charge in [0.15, 0.2) is 0 Å². The lowest BCUT2D eigenvalue weighted by Gasteiger charge is -2.09. The number of carbonyl (C=O) groups excluding carboxylic acids is 1. The van der Waals surface area contributed by atoms with Crippen LogP contribution in [0.5, 0.6) is 0 Å². The summed E-state index contributed by atoms with van der Waals surface area (Å²) >= 11 is 0. The van der Waals surface area contributed by atoms with Crippen LogP contribution in [0.15, 0.2) is 43.0 Å². The SMILES string of the molecule is C=C(C)c1ccc(C(=O)OC)c2ccccc12. The highest BCUT2D eigenvalue weighted by Gasteiger charge is 2.12. The summed E-state index contributed by atoms with van der Waals surface area (Å²) in [6.45, 7) is 5.91. The van der Waals surface area contributed by atoms with E-state index in [1.54, 1.807) is 6.07 Å². The van der Waals surface area contributed by atoms with E-state index in [1.807, 2.05) is 37.3 Å². The third-order valence-electron chi connectivity index (χ3n) is 2.79. The predicted molar refractivity (Wildman–Crippen MR) is 70.0 cm³/mol. The van der Waals surface area contributed by atoms with E-state index in [1.165, 1.54) is 7.11 Å². The minimum absolute atomic E-state index is 0.311. The van der Waals surface area contributed by atoms with Crippen LogP contribution in [0.25, 0.3) is 16.3 Å². The van der Waals surface area contributed by atoms with Crippen molar-refractivity contribution in [2.75, 3.05) is 7.11 Å². The molecule has 0 spiro atoms. The molecule has 0 saturated heterocycles. The fourth-order valence-electron chi connectivity index (χ4n) is 1.96. The molecule has 2 aromatic rings. The van der Waals surface area contributed by atoms with Gasteiger partial charge in [0, 0.05) is 0 Å². The summed E-state index contributed by atoms with van der Waals surface area (Å²) in [5, 5.41) is 1.93. The molecule has 2 rings (SSSR count). The molecule has 0 amide bonds. The maximum atomic E-state index is 11.7. The molecule has 2 nitrogen and oxygen atoms in total. The van der Waals surface area contributed by atoms with Crippen molar-refractivity contribution in [3.05, 3.63) is 54.1 Å². The van der Waals surface area contributed by atoms with E-state index in [-0.39, 0.29) is 5.97 Å². The molecule has 0 N–H and O–H groups in total. The van der Waals surface area contributed by atoms with Gasteiger partial charge in [-0.15, -0.1) is 0 Å². The minimum atomic E-state index is -0.311. The van der Waals surface area contributed by atoms with E-state index < -0.39 is 0 Å². The molecule has 0 radical (unpaired) electrons. The molecule has 2 aromatic carbocycles. The van der Waals surface area contributed by atoms with Gasteiger partial charge in [0.2, 0.25) is 0 Å². The van der Waals surface area contributed by atoms with Crippen LogP contribution in [0.2, 0.25) is 0 Å². The van der Waals surface area contributed by atoms with Crippen molar-refractivity contribution in [1.82, 2.24) is 0 Å². The molecular weight excluding hydrogens is 212 g/mol. The predicted octanol–water partition coefficient (Wildman–Crippen LogP) is 3.66. The fraction of sp³-hybridized carbons (Fsp3) is 0.133. The Morgan fingerprint density at radius 3 is 2.12 bits per heavy atom. The first-order valence-electron chi connectivity index (χ1n) is 5.41. The first kappa shape index (κ1) is 11.4. The Morgan fingerprint density at radius 2 is 1.59 bits per heavy atom. The van der Waals surface area contributed by atoms with Gasteiger partial charge in [-0.25, -0.2) is 4.79 Å². The summed E-state index contributed by atoms with van der Waals surface area (Å²) in [7, 11) is 1.39. The van der Waals surface area contributed by atoms with Gasteiger partial charge in [-0.3, -0.25) is 0 Å². The van der Waals surface area contributed by atoms with Gasteiger partial charge in [-0.1, -0.05) is 42.5 Å². The molecule has 0 saturated carbocycles. The molecule has 0 aliphatic carbocycles. The van der Waals surface area contributed by atoms with Crippen LogP contribution in [0.4, 0.5) is 0 Å². The summed E-state index contributed by atoms with van der Waals surface area (Å²) in [5.74, 6) is -0.311. The van der Waals surface area contributed by atoms with Crippen LogP contribution in [0.3, 0.4) is 0 Å². The summed E-state index contributed by atoms with van der Waals surface area (Å²) in [6.07, 6.45) is 0. The Bertz CT molecular complexity index is 597. The Hall–Kier alpha value is -2.09. The summed E-state index contributed by atoms with van der Waals surface area (Å²) < 4.78 is 4.78. The summed E-state index contributed by atoms with van der Waals surface area (Å²) in [4.78, 5) is 11.7. The highest BCUT2D eigenvalue weighted by atomic mass is 16.5. The van der Waals surface area contributed by atoms with E-state index in [2.05, 4.69) is 6.58 Å². The Labute approximate surface area is 101 Å². The zero-order chi connectivity index (χ0) is 12.4. The molecule has 17 heavy (non-hydrogen) atoms. The van der Waals surface area contributed by atoms with E-state index in [9.17, 15) is 4.79 Å². The topological polar surface area (TPSA) is 26.3 Å². The number of ether oxygens (including phenoxy) is 1. The number of hydrogen-bond donors (Lipinski definition) is 0. The van der Waals surface area contributed by atoms with Crippen LogP contribution in [-0.4, -0.2) is 13.1 Å². The van der Waals surface area contributed by atoms with Crippen molar-refractivity contribution in [2.24, 2.45) is 0 Å². The van der Waals surface area contributed by atoms with Gasteiger partial charge in [-0.2, -0.15) is 0 Å². The van der Waals surface area contributed by atoms with Crippen LogP contribution >= 0.6 is 0 Å². The van der Waals surface area contributed by atoms with Crippen molar-refractivity contribution in [3.63, 3.8) is 0 Å². The lowest BCUT2D eigenvalue weighted by Crippen LogP contribution is -2.02. The monoisotopic (exact) mass is 226 g/mol. The van der Waals surface area contributed by atoms with Crippen molar-refractivity contribution >= 4 is 22.3 Å². The number of benzene rings is 2. The zero-order valence-electron chi connectivity index (χ0n) is 9.99. The number of rotatable bonds is 2. The number of fused-ring (bicyclic) bond motifs is 1. The third kappa shape index (κ3) is 1.94. The molecule has 0 fully saturated rings. The first-order chi connectivity index (χ1) is 8.15. The van der Waals surface area contributed by atoms with Crippen molar-refractivity contribution < 1.29 is 9.53 Å². The van der Waals surface area contributed by atoms with E-state index in [4.69, 9.17) is 4.74 Å². The number of carbonyl (C=O) groups is 1. The molecule has 86 valence electrons. The highest BCUT2D eigenvalue weighted by Crippen LogP contribution is 2.27. The second-order valence-corrected chi connectivity index (χ2v) is 3.98. The molecule has 0 unspecified atom stereocenters. The second-order valence-electron chi connectivity index (χ2n) is 3.98. The van der Waals surface area contributed by atoms with Crippen molar-refractivity contribution in [2.45, 2.75) is 6.92 Å². The maximum Gasteiger partial charge on any atom is 0.338 e. The Morgan fingerprint density at radius 1 is 1.06 bits per heavy atom. The van der Waals surface area contributed by atoms with Gasteiger partial charge >= 0.3 is 5.97 Å². The smallest absolute Gasteiger partial charge is 0.338 e. The first-order valence-corrected chi connectivity index (χ1v) is 5.41. The average Bonchev–Trinajstić information content (AvgIpc) is 2.36. The average molecular weight is 226 g/mol. The molecule has 0 bridgehead atoms. The standard InChI is InChI=1S/C15H14O2/c1-10(2)11-8-9-14(15(16)17-3)13-7-5-4-6-12(11)13/h4-9H,1H2,2-3H3. The van der Waals surface area contributed by atoms with E-state index >= 15 is 0 Å². The molecular formula is C15H14O2. The second kappa shape index (κ2) is 4.42. The fourth-order valence-corrected chi connectivity index (χ4v) is 1.96. The van der Waals surface area contributed by atoms with Gasteiger partial charge in [0.25, 0.3) is 0 Å². The number of methoxy groups -OCH3 is 1. The zero-order valence-corrected chi connectivity index (χ0v) is 9.99. The van der Waals surface area contributed by atoms with Crippen molar-refractivity contribution in [3.8, 4) is 0 Å². The minimum Gasteiger partial charge on any atom is -0.465 e. The molecule has 0 heterocycles. The van der Waals surface area contributed by atoms with Crippen LogP contribution in [0, 0.1) is 0 Å². The van der Waals surface area contributed by atoms with Crippen molar-refractivity contribution in [1.29, 1.82) is 0 Å². The largest absolute Gasteiger partial charge is 0.465 e. The third-order valence-corrected chi connectivity index (χ3v) is 2.79. The molecule has 0 aliphatic rings. The Kier molecular flexibility index (Phi) is 2.96. The van der Waals surface area contributed by atoms with Crippen LogP contribution in [0.1, 0.15) is 22.8 Å². The summed E-state index contributed by atoms with van der Waals surface area (Å²) in [6, 6.07) is 11.5.